The zero-order valence-electron chi connectivity index (χ0n) is 9.49. The first-order valence-electron chi connectivity index (χ1n) is 6.11. The highest BCUT2D eigenvalue weighted by atomic mass is 19.1. The molecule has 0 unspecified atom stereocenters. The predicted octanol–water partition coefficient (Wildman–Crippen LogP) is 2.50. The minimum atomic E-state index is -0.955. The molecule has 0 radical (unpaired) electrons. The number of hydrogen-bond acceptors (Lipinski definition) is 2. The molecule has 5 rings (SSSR count). The Kier molecular flexibility index (Phi) is 1.67. The third-order valence-corrected chi connectivity index (χ3v) is 4.01. The van der Waals surface area contributed by atoms with E-state index in [-0.39, 0.29) is 0 Å². The van der Waals surface area contributed by atoms with Crippen LogP contribution < -0.4 is 4.90 Å². The highest BCUT2D eigenvalue weighted by molar-refractivity contribution is 5.90. The van der Waals surface area contributed by atoms with E-state index in [1.807, 2.05) is 24.3 Å². The Labute approximate surface area is 98.6 Å². The summed E-state index contributed by atoms with van der Waals surface area (Å²) in [5, 5.41) is 8.45. The molecule has 1 aromatic carbocycles. The van der Waals surface area contributed by atoms with Crippen LogP contribution in [0.4, 0.5) is 10.2 Å². The number of aromatic amines is 1. The van der Waals surface area contributed by atoms with Crippen molar-refractivity contribution in [3.05, 3.63) is 24.3 Å². The number of H-pyrrole nitrogens is 1. The van der Waals surface area contributed by atoms with Gasteiger partial charge in [0.1, 0.15) is 5.67 Å². The number of para-hydroxylation sites is 1. The second-order valence-corrected chi connectivity index (χ2v) is 5.40. The number of benzene rings is 1. The minimum Gasteiger partial charge on any atom is -0.351 e. The number of piperidine rings is 2. The van der Waals surface area contributed by atoms with Crippen molar-refractivity contribution in [3.8, 4) is 0 Å². The van der Waals surface area contributed by atoms with Crippen molar-refractivity contribution in [2.24, 2.45) is 5.92 Å². The molecule has 2 aromatic rings. The summed E-state index contributed by atoms with van der Waals surface area (Å²) in [6.45, 7) is 1.44. The first-order valence-corrected chi connectivity index (χ1v) is 6.11. The Balaban J connectivity index is 1.75. The number of fused-ring (bicyclic) bond motifs is 3. The van der Waals surface area contributed by atoms with Crippen molar-refractivity contribution in [2.45, 2.75) is 18.5 Å². The van der Waals surface area contributed by atoms with E-state index in [9.17, 15) is 4.39 Å². The summed E-state index contributed by atoms with van der Waals surface area (Å²) >= 11 is 0. The van der Waals surface area contributed by atoms with Crippen LogP contribution in [0.15, 0.2) is 24.3 Å². The van der Waals surface area contributed by atoms with Gasteiger partial charge in [0.05, 0.1) is 12.1 Å². The van der Waals surface area contributed by atoms with Crippen LogP contribution in [0, 0.1) is 5.92 Å². The van der Waals surface area contributed by atoms with Crippen molar-refractivity contribution < 1.29 is 4.39 Å². The molecule has 1 aromatic heterocycles. The SMILES string of the molecule is FC12CC(CN(c3n[nH]c4ccccc34)C1)C2. The van der Waals surface area contributed by atoms with Gasteiger partial charge in [0.15, 0.2) is 5.82 Å². The number of anilines is 1. The highest BCUT2D eigenvalue weighted by Gasteiger charge is 2.51. The lowest BCUT2D eigenvalue weighted by atomic mass is 9.68. The number of alkyl halides is 1. The van der Waals surface area contributed by atoms with Crippen molar-refractivity contribution in [1.29, 1.82) is 0 Å². The second kappa shape index (κ2) is 3.00. The molecule has 1 saturated carbocycles. The maximum absolute atomic E-state index is 14.1. The number of nitrogens with one attached hydrogen (secondary N) is 1. The molecular weight excluding hydrogens is 217 g/mol. The van der Waals surface area contributed by atoms with Gasteiger partial charge in [-0.1, -0.05) is 12.1 Å². The molecule has 0 amide bonds. The van der Waals surface area contributed by atoms with Gasteiger partial charge >= 0.3 is 0 Å². The lowest BCUT2D eigenvalue weighted by Crippen LogP contribution is -2.58. The molecule has 2 bridgehead atoms. The number of hydrogen-bond donors (Lipinski definition) is 1. The highest BCUT2D eigenvalue weighted by Crippen LogP contribution is 2.47. The summed E-state index contributed by atoms with van der Waals surface area (Å²) < 4.78 is 14.1. The lowest BCUT2D eigenvalue weighted by Gasteiger charge is -2.51. The molecule has 1 aliphatic carbocycles. The fourth-order valence-electron chi connectivity index (χ4n) is 3.30. The van der Waals surface area contributed by atoms with E-state index >= 15 is 0 Å². The summed E-state index contributed by atoms with van der Waals surface area (Å²) in [7, 11) is 0. The Morgan fingerprint density at radius 1 is 1.35 bits per heavy atom. The van der Waals surface area contributed by atoms with Gasteiger partial charge < -0.3 is 4.90 Å². The van der Waals surface area contributed by atoms with Crippen LogP contribution in [0.3, 0.4) is 0 Å². The van der Waals surface area contributed by atoms with Crippen molar-refractivity contribution in [3.63, 3.8) is 0 Å². The van der Waals surface area contributed by atoms with Crippen LogP contribution in [0.2, 0.25) is 0 Å². The maximum atomic E-state index is 14.1. The zero-order chi connectivity index (χ0) is 11.5. The van der Waals surface area contributed by atoms with E-state index in [4.69, 9.17) is 0 Å². The van der Waals surface area contributed by atoms with E-state index in [0.29, 0.717) is 12.5 Å². The quantitative estimate of drug-likeness (QED) is 0.817. The van der Waals surface area contributed by atoms with Crippen LogP contribution in [-0.2, 0) is 0 Å². The smallest absolute Gasteiger partial charge is 0.158 e. The van der Waals surface area contributed by atoms with Crippen LogP contribution in [0.5, 0.6) is 0 Å². The van der Waals surface area contributed by atoms with Gasteiger partial charge in [0, 0.05) is 11.9 Å². The summed E-state index contributed by atoms with van der Waals surface area (Å²) in [6.07, 6.45) is 1.48. The standard InChI is InChI=1S/C13H14FN3/c14-13-5-9(6-13)7-17(8-13)12-10-3-1-2-4-11(10)15-16-12/h1-4,9H,5-8H2,(H,15,16). The molecule has 17 heavy (non-hydrogen) atoms. The monoisotopic (exact) mass is 231 g/mol. The molecule has 3 heterocycles. The summed E-state index contributed by atoms with van der Waals surface area (Å²) in [5.41, 5.74) is 0.0674. The van der Waals surface area contributed by atoms with Gasteiger partial charge in [-0.3, -0.25) is 5.10 Å². The van der Waals surface area contributed by atoms with Gasteiger partial charge in [-0.05, 0) is 30.9 Å². The Hall–Kier alpha value is -1.58. The fraction of sp³-hybridized carbons (Fsp3) is 0.462. The molecular formula is C13H14FN3. The number of nitrogens with zero attached hydrogens (tertiary/aromatic N) is 2. The summed E-state index contributed by atoms with van der Waals surface area (Å²) in [4.78, 5) is 2.09. The van der Waals surface area contributed by atoms with E-state index in [0.717, 1.165) is 36.1 Å². The molecule has 0 atom stereocenters. The number of rotatable bonds is 1. The molecule has 3 fully saturated rings. The molecule has 3 aliphatic rings. The second-order valence-electron chi connectivity index (χ2n) is 5.40. The van der Waals surface area contributed by atoms with Gasteiger partial charge in [-0.15, -0.1) is 0 Å². The van der Waals surface area contributed by atoms with Crippen molar-refractivity contribution >= 4 is 16.7 Å². The van der Waals surface area contributed by atoms with Crippen molar-refractivity contribution in [1.82, 2.24) is 10.2 Å². The molecule has 2 aliphatic heterocycles. The average Bonchev–Trinajstić information content (AvgIpc) is 2.71. The van der Waals surface area contributed by atoms with E-state index in [2.05, 4.69) is 15.1 Å². The number of halogens is 1. The molecule has 88 valence electrons. The van der Waals surface area contributed by atoms with Crippen LogP contribution in [0.1, 0.15) is 12.8 Å². The minimum absolute atomic E-state index is 0.498. The van der Waals surface area contributed by atoms with Crippen LogP contribution in [-0.4, -0.2) is 29.0 Å². The van der Waals surface area contributed by atoms with Gasteiger partial charge in [0.25, 0.3) is 0 Å². The van der Waals surface area contributed by atoms with Crippen LogP contribution in [0.25, 0.3) is 10.9 Å². The molecule has 4 heteroatoms. The largest absolute Gasteiger partial charge is 0.351 e. The Bertz CT molecular complexity index is 571. The van der Waals surface area contributed by atoms with Gasteiger partial charge in [-0.25, -0.2) is 4.39 Å². The van der Waals surface area contributed by atoms with E-state index < -0.39 is 5.67 Å². The molecule has 2 saturated heterocycles. The third kappa shape index (κ3) is 1.30. The molecule has 1 N–H and O–H groups in total. The third-order valence-electron chi connectivity index (χ3n) is 4.01. The normalized spacial score (nSPS) is 31.6. The summed E-state index contributed by atoms with van der Waals surface area (Å²) in [5.74, 6) is 1.43. The lowest BCUT2D eigenvalue weighted by molar-refractivity contribution is -0.00927. The van der Waals surface area contributed by atoms with Gasteiger partial charge in [0.2, 0.25) is 0 Å². The fourth-order valence-corrected chi connectivity index (χ4v) is 3.30. The molecule has 3 nitrogen and oxygen atoms in total. The van der Waals surface area contributed by atoms with E-state index in [1.165, 1.54) is 0 Å². The first-order chi connectivity index (χ1) is 8.23. The first kappa shape index (κ1) is 9.45. The average molecular weight is 231 g/mol. The van der Waals surface area contributed by atoms with Gasteiger partial charge in [-0.2, -0.15) is 5.10 Å². The van der Waals surface area contributed by atoms with Crippen molar-refractivity contribution in [2.75, 3.05) is 18.0 Å². The number of aromatic nitrogens is 2. The Morgan fingerprint density at radius 3 is 3.00 bits per heavy atom. The zero-order valence-corrected chi connectivity index (χ0v) is 9.49. The van der Waals surface area contributed by atoms with Crippen LogP contribution >= 0.6 is 0 Å². The predicted molar refractivity (Wildman–Crippen MR) is 64.9 cm³/mol. The van der Waals surface area contributed by atoms with E-state index in [1.54, 1.807) is 0 Å². The maximum Gasteiger partial charge on any atom is 0.158 e. The Morgan fingerprint density at radius 2 is 2.18 bits per heavy atom. The summed E-state index contributed by atoms with van der Waals surface area (Å²) in [6, 6.07) is 8.02. The molecule has 0 spiro atoms. The topological polar surface area (TPSA) is 31.9 Å².